The molecule has 0 unspecified atom stereocenters. The van der Waals surface area contributed by atoms with Crippen molar-refractivity contribution in [3.63, 3.8) is 0 Å². The molecule has 1 aromatic heterocycles. The summed E-state index contributed by atoms with van der Waals surface area (Å²) in [6.07, 6.45) is 7.65. The standard InChI is InChI=1S/C17H25NOS/c1-18(13-15-7-3-2-4-8-15)14-17-11-10-16(20-17)9-5-6-12-19/h10-11,15,19H,2-4,6-8,12-14H2,1H3. The molecule has 0 radical (unpaired) electrons. The topological polar surface area (TPSA) is 23.5 Å². The summed E-state index contributed by atoms with van der Waals surface area (Å²) in [6, 6.07) is 4.28. The summed E-state index contributed by atoms with van der Waals surface area (Å²) in [5.41, 5.74) is 0. The lowest BCUT2D eigenvalue weighted by atomic mass is 9.89. The van der Waals surface area contributed by atoms with Crippen molar-refractivity contribution in [1.29, 1.82) is 0 Å². The second kappa shape index (κ2) is 8.46. The van der Waals surface area contributed by atoms with Gasteiger partial charge in [-0.15, -0.1) is 11.3 Å². The van der Waals surface area contributed by atoms with Crippen LogP contribution in [0.3, 0.4) is 0 Å². The molecule has 0 saturated heterocycles. The maximum atomic E-state index is 8.72. The molecule has 0 atom stereocenters. The molecule has 0 amide bonds. The van der Waals surface area contributed by atoms with Crippen molar-refractivity contribution in [2.24, 2.45) is 5.92 Å². The second-order valence-corrected chi connectivity index (χ2v) is 6.91. The van der Waals surface area contributed by atoms with Gasteiger partial charge in [0.15, 0.2) is 0 Å². The number of rotatable bonds is 5. The molecule has 1 fully saturated rings. The lowest BCUT2D eigenvalue weighted by Crippen LogP contribution is -2.26. The van der Waals surface area contributed by atoms with Gasteiger partial charge in [0.2, 0.25) is 0 Å². The van der Waals surface area contributed by atoms with Gasteiger partial charge in [-0.3, -0.25) is 0 Å². The molecule has 0 aromatic carbocycles. The van der Waals surface area contributed by atoms with E-state index in [0.29, 0.717) is 6.42 Å². The first-order valence-electron chi connectivity index (χ1n) is 7.65. The first-order valence-corrected chi connectivity index (χ1v) is 8.46. The Kier molecular flexibility index (Phi) is 6.59. The number of nitrogens with zero attached hydrogens (tertiary/aromatic N) is 1. The molecule has 1 heterocycles. The highest BCUT2D eigenvalue weighted by atomic mass is 32.1. The largest absolute Gasteiger partial charge is 0.395 e. The molecule has 0 aliphatic heterocycles. The summed E-state index contributed by atoms with van der Waals surface area (Å²) in [4.78, 5) is 4.95. The van der Waals surface area contributed by atoms with E-state index in [1.807, 2.05) is 0 Å². The lowest BCUT2D eigenvalue weighted by molar-refractivity contribution is 0.229. The second-order valence-electron chi connectivity index (χ2n) is 5.74. The molecule has 0 bridgehead atoms. The SMILES string of the molecule is CN(Cc1ccc(C#CCCO)s1)CC1CCCCC1. The van der Waals surface area contributed by atoms with Crippen LogP contribution in [0.2, 0.25) is 0 Å². The predicted molar refractivity (Wildman–Crippen MR) is 85.8 cm³/mol. The molecule has 20 heavy (non-hydrogen) atoms. The Morgan fingerprint density at radius 3 is 2.85 bits per heavy atom. The Bertz CT molecular complexity index is 451. The summed E-state index contributed by atoms with van der Waals surface area (Å²) < 4.78 is 0. The lowest BCUT2D eigenvalue weighted by Gasteiger charge is -2.26. The van der Waals surface area contributed by atoms with E-state index in [-0.39, 0.29) is 6.61 Å². The smallest absolute Gasteiger partial charge is 0.0771 e. The minimum atomic E-state index is 0.148. The zero-order valence-corrected chi connectivity index (χ0v) is 13.2. The highest BCUT2D eigenvalue weighted by molar-refractivity contribution is 7.12. The van der Waals surface area contributed by atoms with Gasteiger partial charge in [-0.2, -0.15) is 0 Å². The summed E-state index contributed by atoms with van der Waals surface area (Å²) in [5, 5.41) is 8.72. The average Bonchev–Trinajstić information content (AvgIpc) is 2.87. The monoisotopic (exact) mass is 291 g/mol. The molecule has 110 valence electrons. The van der Waals surface area contributed by atoms with E-state index < -0.39 is 0 Å². The first kappa shape index (κ1) is 15.6. The highest BCUT2D eigenvalue weighted by Gasteiger charge is 2.15. The van der Waals surface area contributed by atoms with Crippen LogP contribution in [0.25, 0.3) is 0 Å². The summed E-state index contributed by atoms with van der Waals surface area (Å²) in [6.45, 7) is 2.40. The number of aliphatic hydroxyl groups excluding tert-OH is 1. The molecule has 2 nitrogen and oxygen atoms in total. The Morgan fingerprint density at radius 1 is 1.30 bits per heavy atom. The predicted octanol–water partition coefficient (Wildman–Crippen LogP) is 3.49. The third kappa shape index (κ3) is 5.28. The maximum Gasteiger partial charge on any atom is 0.0771 e. The van der Waals surface area contributed by atoms with Gasteiger partial charge in [-0.1, -0.05) is 31.1 Å². The number of aliphatic hydroxyl groups is 1. The van der Waals surface area contributed by atoms with Crippen molar-refractivity contribution in [3.8, 4) is 11.8 Å². The van der Waals surface area contributed by atoms with E-state index in [1.165, 1.54) is 43.5 Å². The van der Waals surface area contributed by atoms with Crippen LogP contribution in [0.15, 0.2) is 12.1 Å². The minimum absolute atomic E-state index is 0.148. The van der Waals surface area contributed by atoms with Gasteiger partial charge < -0.3 is 10.0 Å². The van der Waals surface area contributed by atoms with E-state index in [1.54, 1.807) is 11.3 Å². The van der Waals surface area contributed by atoms with Crippen molar-refractivity contribution < 1.29 is 5.11 Å². The zero-order chi connectivity index (χ0) is 14.2. The zero-order valence-electron chi connectivity index (χ0n) is 12.4. The fourth-order valence-electron chi connectivity index (χ4n) is 2.88. The minimum Gasteiger partial charge on any atom is -0.395 e. The van der Waals surface area contributed by atoms with Gasteiger partial charge in [0.05, 0.1) is 11.5 Å². The summed E-state index contributed by atoms with van der Waals surface area (Å²) in [7, 11) is 2.23. The molecule has 2 rings (SSSR count). The number of thiophene rings is 1. The van der Waals surface area contributed by atoms with E-state index in [0.717, 1.165) is 17.3 Å². The fraction of sp³-hybridized carbons (Fsp3) is 0.647. The van der Waals surface area contributed by atoms with E-state index >= 15 is 0 Å². The molecule has 1 aromatic rings. The third-order valence-electron chi connectivity index (χ3n) is 3.83. The molecule has 1 N–H and O–H groups in total. The van der Waals surface area contributed by atoms with Crippen LogP contribution in [-0.2, 0) is 6.54 Å². The van der Waals surface area contributed by atoms with E-state index in [9.17, 15) is 0 Å². The highest BCUT2D eigenvalue weighted by Crippen LogP contribution is 2.25. The van der Waals surface area contributed by atoms with Crippen molar-refractivity contribution in [2.75, 3.05) is 20.2 Å². The fourth-order valence-corrected chi connectivity index (χ4v) is 3.84. The van der Waals surface area contributed by atoms with Crippen LogP contribution in [0.1, 0.15) is 48.3 Å². The van der Waals surface area contributed by atoms with Crippen LogP contribution >= 0.6 is 11.3 Å². The van der Waals surface area contributed by atoms with Gasteiger partial charge in [0.1, 0.15) is 0 Å². The third-order valence-corrected chi connectivity index (χ3v) is 4.82. The van der Waals surface area contributed by atoms with Crippen molar-refractivity contribution in [3.05, 3.63) is 21.9 Å². The van der Waals surface area contributed by atoms with Crippen LogP contribution in [0, 0.1) is 17.8 Å². The van der Waals surface area contributed by atoms with Gasteiger partial charge in [-0.25, -0.2) is 0 Å². The van der Waals surface area contributed by atoms with Gasteiger partial charge in [-0.05, 0) is 37.9 Å². The van der Waals surface area contributed by atoms with Crippen molar-refractivity contribution in [1.82, 2.24) is 4.90 Å². The summed E-state index contributed by atoms with van der Waals surface area (Å²) >= 11 is 1.78. The van der Waals surface area contributed by atoms with Crippen LogP contribution in [0.5, 0.6) is 0 Å². The Balaban J connectivity index is 1.79. The maximum absolute atomic E-state index is 8.72. The molecule has 1 aliphatic carbocycles. The Hall–Kier alpha value is -0.820. The number of hydrogen-bond donors (Lipinski definition) is 1. The van der Waals surface area contributed by atoms with Crippen LogP contribution < -0.4 is 0 Å². The van der Waals surface area contributed by atoms with Crippen LogP contribution in [0.4, 0.5) is 0 Å². The molecule has 3 heteroatoms. The molecule has 1 aliphatic rings. The van der Waals surface area contributed by atoms with E-state index in [4.69, 9.17) is 5.11 Å². The molecular formula is C17H25NOS. The Labute approximate surface area is 126 Å². The van der Waals surface area contributed by atoms with E-state index in [2.05, 4.69) is 35.9 Å². The Morgan fingerprint density at radius 2 is 2.10 bits per heavy atom. The van der Waals surface area contributed by atoms with Gasteiger partial charge in [0, 0.05) is 24.4 Å². The normalized spacial score (nSPS) is 16.1. The first-order chi connectivity index (χ1) is 9.78. The van der Waals surface area contributed by atoms with Gasteiger partial charge in [0.25, 0.3) is 0 Å². The summed E-state index contributed by atoms with van der Waals surface area (Å²) in [5.74, 6) is 6.99. The average molecular weight is 291 g/mol. The molecule has 1 saturated carbocycles. The van der Waals surface area contributed by atoms with Crippen molar-refractivity contribution >= 4 is 11.3 Å². The number of hydrogen-bond acceptors (Lipinski definition) is 3. The molecule has 0 spiro atoms. The quantitative estimate of drug-likeness (QED) is 0.839. The van der Waals surface area contributed by atoms with Crippen LogP contribution in [-0.4, -0.2) is 30.2 Å². The molecular weight excluding hydrogens is 266 g/mol. The van der Waals surface area contributed by atoms with Crippen molar-refractivity contribution in [2.45, 2.75) is 45.1 Å². The van der Waals surface area contributed by atoms with Gasteiger partial charge >= 0.3 is 0 Å².